The van der Waals surface area contributed by atoms with E-state index in [1.807, 2.05) is 11.9 Å². The minimum atomic E-state index is -4.96. The summed E-state index contributed by atoms with van der Waals surface area (Å²) in [6, 6.07) is 12.9. The highest BCUT2D eigenvalue weighted by Crippen LogP contribution is 2.24. The van der Waals surface area contributed by atoms with Gasteiger partial charge < -0.3 is 20.4 Å². The second kappa shape index (κ2) is 10.1. The van der Waals surface area contributed by atoms with Crippen molar-refractivity contribution in [3.63, 3.8) is 0 Å². The van der Waals surface area contributed by atoms with Crippen LogP contribution in [-0.4, -0.2) is 71.0 Å². The van der Waals surface area contributed by atoms with Crippen LogP contribution in [0.3, 0.4) is 0 Å². The van der Waals surface area contributed by atoms with Gasteiger partial charge in [-0.2, -0.15) is 13.2 Å². The highest BCUT2D eigenvalue weighted by atomic mass is 19.4. The van der Waals surface area contributed by atoms with Gasteiger partial charge in [0.25, 0.3) is 5.91 Å². The number of nitrogens with zero attached hydrogens (tertiary/aromatic N) is 4. The Hall–Kier alpha value is -3.99. The zero-order valence-corrected chi connectivity index (χ0v) is 18.8. The van der Waals surface area contributed by atoms with Crippen LogP contribution in [-0.2, 0) is 4.79 Å². The minimum Gasteiger partial charge on any atom is -0.339 e. The second-order valence-electron chi connectivity index (χ2n) is 8.12. The fourth-order valence-electron chi connectivity index (χ4n) is 3.53. The standard InChI is InChI=1S/C24H23F3N6O2/c1-32-10-12-33(13-11-32)22(34)17-4-8-18(9-5-17)29-21-15-28-14-20(31-21)16-2-6-19(7-3-16)30-23(35)24(25,26)27/h2-9,14-15H,10-13H2,1H3,(H,29,31)(H,30,35). The van der Waals surface area contributed by atoms with Crippen LogP contribution in [0.4, 0.5) is 30.4 Å². The molecule has 182 valence electrons. The lowest BCUT2D eigenvalue weighted by Gasteiger charge is -2.32. The van der Waals surface area contributed by atoms with Crippen molar-refractivity contribution in [3.05, 3.63) is 66.5 Å². The SMILES string of the molecule is CN1CCN(C(=O)c2ccc(Nc3cncc(-c4ccc(NC(=O)C(F)(F)F)cc4)n3)cc2)CC1. The maximum absolute atomic E-state index is 12.7. The Balaban J connectivity index is 1.40. The van der Waals surface area contributed by atoms with Gasteiger partial charge >= 0.3 is 12.1 Å². The molecule has 1 aliphatic rings. The Morgan fingerprint density at radius 1 is 0.886 bits per heavy atom. The van der Waals surface area contributed by atoms with Crippen molar-refractivity contribution in [2.45, 2.75) is 6.18 Å². The predicted octanol–water partition coefficient (Wildman–Crippen LogP) is 3.78. The van der Waals surface area contributed by atoms with Crippen LogP contribution in [0.25, 0.3) is 11.3 Å². The van der Waals surface area contributed by atoms with Gasteiger partial charge in [-0.3, -0.25) is 14.6 Å². The molecule has 2 aromatic carbocycles. The van der Waals surface area contributed by atoms with Gasteiger partial charge in [0.05, 0.1) is 18.1 Å². The number of nitrogens with one attached hydrogen (secondary N) is 2. The quantitative estimate of drug-likeness (QED) is 0.573. The molecule has 1 fully saturated rings. The highest BCUT2D eigenvalue weighted by molar-refractivity contribution is 5.95. The Morgan fingerprint density at radius 2 is 1.51 bits per heavy atom. The molecule has 0 aliphatic carbocycles. The van der Waals surface area contributed by atoms with Gasteiger partial charge in [0.15, 0.2) is 0 Å². The Kier molecular flexibility index (Phi) is 6.97. The molecular weight excluding hydrogens is 461 g/mol. The van der Waals surface area contributed by atoms with Crippen LogP contribution < -0.4 is 10.6 Å². The zero-order chi connectivity index (χ0) is 25.0. The van der Waals surface area contributed by atoms with E-state index in [2.05, 4.69) is 20.2 Å². The largest absolute Gasteiger partial charge is 0.471 e. The summed E-state index contributed by atoms with van der Waals surface area (Å²) in [5, 5.41) is 4.93. The number of carbonyl (C=O) groups excluding carboxylic acids is 2. The summed E-state index contributed by atoms with van der Waals surface area (Å²) in [6.07, 6.45) is -1.91. The third-order valence-corrected chi connectivity index (χ3v) is 5.53. The molecule has 0 spiro atoms. The average molecular weight is 484 g/mol. The molecule has 2 N–H and O–H groups in total. The van der Waals surface area contributed by atoms with Crippen LogP contribution in [0.5, 0.6) is 0 Å². The van der Waals surface area contributed by atoms with E-state index in [1.165, 1.54) is 24.5 Å². The maximum Gasteiger partial charge on any atom is 0.471 e. The number of carbonyl (C=O) groups is 2. The summed E-state index contributed by atoms with van der Waals surface area (Å²) in [6.45, 7) is 3.11. The van der Waals surface area contributed by atoms with E-state index in [-0.39, 0.29) is 11.6 Å². The first-order chi connectivity index (χ1) is 16.7. The summed E-state index contributed by atoms with van der Waals surface area (Å²) >= 11 is 0. The zero-order valence-electron chi connectivity index (χ0n) is 18.8. The molecule has 0 atom stereocenters. The predicted molar refractivity (Wildman–Crippen MR) is 125 cm³/mol. The number of likely N-dealkylation sites (N-methyl/N-ethyl adjacent to an activating group) is 1. The number of hydrogen-bond donors (Lipinski definition) is 2. The molecule has 2 heterocycles. The van der Waals surface area contributed by atoms with Crippen molar-refractivity contribution in [1.29, 1.82) is 0 Å². The van der Waals surface area contributed by atoms with E-state index in [0.717, 1.165) is 18.8 Å². The van der Waals surface area contributed by atoms with E-state index in [0.29, 0.717) is 35.7 Å². The van der Waals surface area contributed by atoms with Crippen molar-refractivity contribution in [1.82, 2.24) is 19.8 Å². The molecule has 4 rings (SSSR count). The number of anilines is 3. The fraction of sp³-hybridized carbons (Fsp3) is 0.250. The van der Waals surface area contributed by atoms with Gasteiger partial charge in [0.2, 0.25) is 0 Å². The normalized spacial score (nSPS) is 14.5. The molecular formula is C24H23F3N6O2. The summed E-state index contributed by atoms with van der Waals surface area (Å²) < 4.78 is 37.2. The second-order valence-corrected chi connectivity index (χ2v) is 8.12. The average Bonchev–Trinajstić information content (AvgIpc) is 2.85. The molecule has 0 radical (unpaired) electrons. The van der Waals surface area contributed by atoms with Gasteiger partial charge in [0, 0.05) is 48.7 Å². The number of hydrogen-bond acceptors (Lipinski definition) is 6. The van der Waals surface area contributed by atoms with E-state index >= 15 is 0 Å². The first-order valence-corrected chi connectivity index (χ1v) is 10.8. The molecule has 3 aromatic rings. The Labute approximate surface area is 199 Å². The topological polar surface area (TPSA) is 90.5 Å². The van der Waals surface area contributed by atoms with Crippen LogP contribution in [0.15, 0.2) is 60.9 Å². The Bertz CT molecular complexity index is 1190. The van der Waals surface area contributed by atoms with Gasteiger partial charge in [0.1, 0.15) is 5.82 Å². The number of amides is 2. The van der Waals surface area contributed by atoms with Gasteiger partial charge in [-0.25, -0.2) is 4.98 Å². The lowest BCUT2D eigenvalue weighted by atomic mass is 10.1. The third kappa shape index (κ3) is 6.12. The molecule has 8 nitrogen and oxygen atoms in total. The molecule has 2 amide bonds. The van der Waals surface area contributed by atoms with Gasteiger partial charge in [-0.05, 0) is 43.4 Å². The molecule has 1 aromatic heterocycles. The molecule has 11 heteroatoms. The molecule has 1 aliphatic heterocycles. The first-order valence-electron chi connectivity index (χ1n) is 10.8. The monoisotopic (exact) mass is 484 g/mol. The van der Waals surface area contributed by atoms with Crippen LogP contribution in [0.2, 0.25) is 0 Å². The summed E-state index contributed by atoms with van der Waals surface area (Å²) in [4.78, 5) is 36.4. The number of piperazine rings is 1. The van der Waals surface area contributed by atoms with E-state index in [1.54, 1.807) is 41.7 Å². The van der Waals surface area contributed by atoms with Gasteiger partial charge in [-0.15, -0.1) is 0 Å². The summed E-state index contributed by atoms with van der Waals surface area (Å²) in [7, 11) is 2.03. The smallest absolute Gasteiger partial charge is 0.339 e. The first kappa shape index (κ1) is 24.1. The molecule has 1 saturated heterocycles. The third-order valence-electron chi connectivity index (χ3n) is 5.53. The van der Waals surface area contributed by atoms with Crippen LogP contribution in [0, 0.1) is 0 Å². The molecule has 0 saturated carbocycles. The van der Waals surface area contributed by atoms with Crippen LogP contribution in [0.1, 0.15) is 10.4 Å². The van der Waals surface area contributed by atoms with Crippen molar-refractivity contribution < 1.29 is 22.8 Å². The van der Waals surface area contributed by atoms with E-state index in [9.17, 15) is 22.8 Å². The number of rotatable bonds is 5. The number of benzene rings is 2. The fourth-order valence-corrected chi connectivity index (χ4v) is 3.53. The summed E-state index contributed by atoms with van der Waals surface area (Å²) in [5.41, 5.74) is 2.45. The molecule has 0 bridgehead atoms. The molecule has 35 heavy (non-hydrogen) atoms. The van der Waals surface area contributed by atoms with Crippen LogP contribution >= 0.6 is 0 Å². The van der Waals surface area contributed by atoms with E-state index < -0.39 is 12.1 Å². The van der Waals surface area contributed by atoms with Crippen molar-refractivity contribution >= 4 is 29.0 Å². The number of halogens is 3. The highest BCUT2D eigenvalue weighted by Gasteiger charge is 2.38. The lowest BCUT2D eigenvalue weighted by molar-refractivity contribution is -0.167. The maximum atomic E-state index is 12.7. The lowest BCUT2D eigenvalue weighted by Crippen LogP contribution is -2.47. The van der Waals surface area contributed by atoms with Crippen molar-refractivity contribution in [3.8, 4) is 11.3 Å². The van der Waals surface area contributed by atoms with Crippen molar-refractivity contribution in [2.75, 3.05) is 43.9 Å². The number of aromatic nitrogens is 2. The summed E-state index contributed by atoms with van der Waals surface area (Å²) in [5.74, 6) is -1.58. The van der Waals surface area contributed by atoms with E-state index in [4.69, 9.17) is 0 Å². The minimum absolute atomic E-state index is 0.00121. The molecule has 0 unspecified atom stereocenters. The van der Waals surface area contributed by atoms with Gasteiger partial charge in [-0.1, -0.05) is 12.1 Å². The number of alkyl halides is 3. The Morgan fingerprint density at radius 3 is 2.14 bits per heavy atom. The van der Waals surface area contributed by atoms with Crippen molar-refractivity contribution in [2.24, 2.45) is 0 Å².